The van der Waals surface area contributed by atoms with Crippen LogP contribution in [0.2, 0.25) is 0 Å². The second-order valence-electron chi connectivity index (χ2n) is 8.01. The lowest BCUT2D eigenvalue weighted by Crippen LogP contribution is -2.34. The molecule has 4 rings (SSSR count). The number of fused-ring (bicyclic) bond motifs is 1. The summed E-state index contributed by atoms with van der Waals surface area (Å²) in [7, 11) is 0. The van der Waals surface area contributed by atoms with Crippen molar-refractivity contribution in [1.82, 2.24) is 14.8 Å². The maximum absolute atomic E-state index is 13.1. The van der Waals surface area contributed by atoms with Crippen molar-refractivity contribution in [1.29, 1.82) is 0 Å². The van der Waals surface area contributed by atoms with Crippen LogP contribution >= 0.6 is 36.2 Å². The van der Waals surface area contributed by atoms with Gasteiger partial charge in [-0.15, -0.1) is 36.2 Å². The third-order valence-corrected chi connectivity index (χ3v) is 7.01. The van der Waals surface area contributed by atoms with Gasteiger partial charge in [0.2, 0.25) is 0 Å². The highest BCUT2D eigenvalue weighted by molar-refractivity contribution is 7.10. The molecule has 4 heterocycles. The number of likely N-dealkylation sites (tertiary alicyclic amines) is 1. The minimum Gasteiger partial charge on any atom is -0.339 e. The van der Waals surface area contributed by atoms with Crippen molar-refractivity contribution in [2.24, 2.45) is 5.73 Å². The highest BCUT2D eigenvalue weighted by Crippen LogP contribution is 2.30. The Kier molecular flexibility index (Phi) is 9.57. The molecular formula is C22H32Cl2N4OS. The monoisotopic (exact) mass is 470 g/mol. The first kappa shape index (κ1) is 25.1. The lowest BCUT2D eigenvalue weighted by Gasteiger charge is -2.27. The number of halogens is 2. The summed E-state index contributed by atoms with van der Waals surface area (Å²) in [5.41, 5.74) is 10.7. The van der Waals surface area contributed by atoms with Crippen LogP contribution in [-0.4, -0.2) is 46.4 Å². The van der Waals surface area contributed by atoms with E-state index in [2.05, 4.69) is 34.3 Å². The summed E-state index contributed by atoms with van der Waals surface area (Å²) in [6, 6.07) is 4.55. The molecule has 8 heteroatoms. The van der Waals surface area contributed by atoms with Crippen molar-refractivity contribution < 1.29 is 4.79 Å². The van der Waals surface area contributed by atoms with E-state index >= 15 is 0 Å². The minimum absolute atomic E-state index is 0. The largest absolute Gasteiger partial charge is 0.339 e. The molecule has 0 aliphatic carbocycles. The number of aromatic nitrogens is 1. The Labute approximate surface area is 195 Å². The molecule has 1 fully saturated rings. The van der Waals surface area contributed by atoms with E-state index in [1.807, 2.05) is 11.1 Å². The van der Waals surface area contributed by atoms with Crippen LogP contribution in [0.15, 0.2) is 23.7 Å². The number of nitrogens with zero attached hydrogens (tertiary/aromatic N) is 3. The number of carbonyl (C=O) groups is 1. The molecule has 1 amide bonds. The standard InChI is InChI=1S/C22H30N4OS.2ClH/c1-2-16-5-6-18(24-12-16)13-25-10-8-19-20(15-28-21(19)14-25)22(27)26-9-3-4-17(23)7-11-26;;/h5-6,12,15,17H,2-4,7-11,13-14,23H2,1H3;2*1H. The summed E-state index contributed by atoms with van der Waals surface area (Å²) in [4.78, 5) is 23.5. The maximum Gasteiger partial charge on any atom is 0.254 e. The molecule has 0 bridgehead atoms. The van der Waals surface area contributed by atoms with Crippen LogP contribution in [0.5, 0.6) is 0 Å². The van der Waals surface area contributed by atoms with Crippen LogP contribution < -0.4 is 5.73 Å². The normalized spacial score (nSPS) is 19.3. The second kappa shape index (κ2) is 11.4. The topological polar surface area (TPSA) is 62.5 Å². The Morgan fingerprint density at radius 1 is 1.23 bits per heavy atom. The smallest absolute Gasteiger partial charge is 0.254 e. The van der Waals surface area contributed by atoms with Gasteiger partial charge in [0.25, 0.3) is 5.91 Å². The molecule has 2 aliphatic heterocycles. The summed E-state index contributed by atoms with van der Waals surface area (Å²) < 4.78 is 0. The zero-order valence-corrected chi connectivity index (χ0v) is 20.0. The van der Waals surface area contributed by atoms with Gasteiger partial charge in [-0.3, -0.25) is 14.7 Å². The molecule has 0 aromatic carbocycles. The average molecular weight is 471 g/mol. The summed E-state index contributed by atoms with van der Waals surface area (Å²) >= 11 is 1.74. The molecule has 0 saturated carbocycles. The fourth-order valence-corrected chi connectivity index (χ4v) is 5.29. The van der Waals surface area contributed by atoms with Gasteiger partial charge in [0.1, 0.15) is 0 Å². The Morgan fingerprint density at radius 3 is 2.80 bits per heavy atom. The van der Waals surface area contributed by atoms with Gasteiger partial charge in [0.05, 0.1) is 11.3 Å². The highest BCUT2D eigenvalue weighted by Gasteiger charge is 2.27. The van der Waals surface area contributed by atoms with E-state index in [1.54, 1.807) is 11.3 Å². The Balaban J connectivity index is 0.00000160. The molecular weight excluding hydrogens is 439 g/mol. The first-order valence-electron chi connectivity index (χ1n) is 10.4. The van der Waals surface area contributed by atoms with Gasteiger partial charge in [0, 0.05) is 55.2 Å². The molecule has 2 aromatic heterocycles. The van der Waals surface area contributed by atoms with Crippen molar-refractivity contribution in [3.63, 3.8) is 0 Å². The molecule has 166 valence electrons. The molecule has 0 spiro atoms. The van der Waals surface area contributed by atoms with E-state index in [0.29, 0.717) is 0 Å². The number of rotatable bonds is 4. The van der Waals surface area contributed by atoms with Gasteiger partial charge in [-0.2, -0.15) is 0 Å². The van der Waals surface area contributed by atoms with E-state index in [9.17, 15) is 4.79 Å². The van der Waals surface area contributed by atoms with Crippen LogP contribution in [0, 0.1) is 0 Å². The SMILES string of the molecule is CCc1ccc(CN2CCc3c(C(=O)N4CCCC(N)CC4)csc3C2)nc1.Cl.Cl. The van der Waals surface area contributed by atoms with E-state index in [-0.39, 0.29) is 36.8 Å². The Hall–Kier alpha value is -1.18. The molecule has 2 aliphatic rings. The molecule has 2 aromatic rings. The lowest BCUT2D eigenvalue weighted by atomic mass is 10.0. The number of pyridine rings is 1. The third kappa shape index (κ3) is 5.74. The van der Waals surface area contributed by atoms with Crippen molar-refractivity contribution in [2.75, 3.05) is 19.6 Å². The van der Waals surface area contributed by atoms with E-state index in [0.717, 1.165) is 76.1 Å². The van der Waals surface area contributed by atoms with Crippen LogP contribution in [0.1, 0.15) is 58.2 Å². The predicted molar refractivity (Wildman–Crippen MR) is 128 cm³/mol. The highest BCUT2D eigenvalue weighted by atomic mass is 35.5. The van der Waals surface area contributed by atoms with Crippen molar-refractivity contribution in [3.05, 3.63) is 51.0 Å². The number of nitrogens with two attached hydrogens (primary N) is 1. The predicted octanol–water partition coefficient (Wildman–Crippen LogP) is 4.06. The number of carbonyl (C=O) groups excluding carboxylic acids is 1. The second-order valence-corrected chi connectivity index (χ2v) is 8.97. The van der Waals surface area contributed by atoms with Gasteiger partial charge in [-0.1, -0.05) is 13.0 Å². The first-order valence-corrected chi connectivity index (χ1v) is 11.3. The van der Waals surface area contributed by atoms with Crippen LogP contribution in [0.3, 0.4) is 0 Å². The molecule has 2 N–H and O–H groups in total. The summed E-state index contributed by atoms with van der Waals surface area (Å²) in [6.45, 7) is 6.54. The Bertz CT molecular complexity index is 827. The number of aryl methyl sites for hydroxylation is 1. The molecule has 1 unspecified atom stereocenters. The van der Waals surface area contributed by atoms with Gasteiger partial charge in [-0.25, -0.2) is 0 Å². The number of thiophene rings is 1. The van der Waals surface area contributed by atoms with Crippen LogP contribution in [0.4, 0.5) is 0 Å². The molecule has 1 atom stereocenters. The lowest BCUT2D eigenvalue weighted by molar-refractivity contribution is 0.0760. The van der Waals surface area contributed by atoms with Crippen LogP contribution in [-0.2, 0) is 25.9 Å². The van der Waals surface area contributed by atoms with Gasteiger partial charge < -0.3 is 10.6 Å². The molecule has 0 radical (unpaired) electrons. The van der Waals surface area contributed by atoms with E-state index < -0.39 is 0 Å². The third-order valence-electron chi connectivity index (χ3n) is 6.00. The van der Waals surface area contributed by atoms with Gasteiger partial charge >= 0.3 is 0 Å². The quantitative estimate of drug-likeness (QED) is 0.731. The summed E-state index contributed by atoms with van der Waals surface area (Å²) in [5, 5.41) is 2.08. The van der Waals surface area contributed by atoms with E-state index in [1.165, 1.54) is 16.0 Å². The van der Waals surface area contributed by atoms with Gasteiger partial charge in [0.15, 0.2) is 0 Å². The molecule has 5 nitrogen and oxygen atoms in total. The van der Waals surface area contributed by atoms with Crippen molar-refractivity contribution in [3.8, 4) is 0 Å². The fraction of sp³-hybridized carbons (Fsp3) is 0.545. The first-order chi connectivity index (χ1) is 13.6. The van der Waals surface area contributed by atoms with Gasteiger partial charge in [-0.05, 0) is 49.3 Å². The fourth-order valence-electron chi connectivity index (χ4n) is 4.18. The summed E-state index contributed by atoms with van der Waals surface area (Å²) in [6.07, 6.45) is 6.90. The van der Waals surface area contributed by atoms with E-state index in [4.69, 9.17) is 5.73 Å². The summed E-state index contributed by atoms with van der Waals surface area (Å²) in [5.74, 6) is 0.205. The van der Waals surface area contributed by atoms with Crippen molar-refractivity contribution in [2.45, 2.75) is 58.2 Å². The maximum atomic E-state index is 13.1. The number of amides is 1. The van der Waals surface area contributed by atoms with Crippen LogP contribution in [0.25, 0.3) is 0 Å². The minimum atomic E-state index is 0. The Morgan fingerprint density at radius 2 is 2.07 bits per heavy atom. The molecule has 1 saturated heterocycles. The zero-order valence-electron chi connectivity index (χ0n) is 17.5. The average Bonchev–Trinajstić information content (AvgIpc) is 3.01. The molecule has 30 heavy (non-hydrogen) atoms. The van der Waals surface area contributed by atoms with Crippen molar-refractivity contribution >= 4 is 42.1 Å². The number of hydrogen-bond donors (Lipinski definition) is 1. The number of hydrogen-bond acceptors (Lipinski definition) is 5. The zero-order chi connectivity index (χ0) is 19.5.